The van der Waals surface area contributed by atoms with E-state index in [0.29, 0.717) is 12.3 Å². The maximum Gasteiger partial charge on any atom is 0.213 e. The molecule has 0 atom stereocenters. The summed E-state index contributed by atoms with van der Waals surface area (Å²) in [6, 6.07) is 0.515. The summed E-state index contributed by atoms with van der Waals surface area (Å²) in [7, 11) is 0. The Labute approximate surface area is 57.9 Å². The van der Waals surface area contributed by atoms with Crippen molar-refractivity contribution >= 4 is 6.29 Å². The molecule has 1 aromatic rings. The van der Waals surface area contributed by atoms with Crippen molar-refractivity contribution in [3.05, 3.63) is 12.2 Å². The molecule has 1 aromatic heterocycles. The Bertz CT molecular complexity index is 251. The lowest BCUT2D eigenvalue weighted by Crippen LogP contribution is -1.94. The van der Waals surface area contributed by atoms with Crippen LogP contribution in [0, 0.1) is 0 Å². The quantitative estimate of drug-likeness (QED) is 0.555. The van der Waals surface area contributed by atoms with E-state index in [0.717, 1.165) is 0 Å². The molecule has 0 radical (unpaired) electrons. The van der Waals surface area contributed by atoms with Gasteiger partial charge < -0.3 is 0 Å². The van der Waals surface area contributed by atoms with Gasteiger partial charge in [-0.25, -0.2) is 9.67 Å². The first-order valence-electron chi connectivity index (χ1n) is 3.26. The molecule has 0 amide bonds. The number of carbonyl (C=O) groups is 1. The van der Waals surface area contributed by atoms with Crippen LogP contribution in [0.25, 0.3) is 0 Å². The lowest BCUT2D eigenvalue weighted by molar-refractivity contribution is 0.111. The Morgan fingerprint density at radius 2 is 2.50 bits per heavy atom. The van der Waals surface area contributed by atoms with Gasteiger partial charge in [0.15, 0.2) is 6.29 Å². The third-order valence-corrected chi connectivity index (χ3v) is 1.55. The predicted octanol–water partition coefficient (Wildman–Crippen LogP) is 0.425. The molecule has 4 heteroatoms. The van der Waals surface area contributed by atoms with E-state index in [1.54, 1.807) is 11.0 Å². The maximum absolute atomic E-state index is 10.1. The molecule has 4 nitrogen and oxygen atoms in total. The number of aldehydes is 1. The van der Waals surface area contributed by atoms with Gasteiger partial charge in [-0.1, -0.05) is 0 Å². The fourth-order valence-corrected chi connectivity index (χ4v) is 0.857. The molecular formula is C6H7N3O. The van der Waals surface area contributed by atoms with E-state index in [9.17, 15) is 4.79 Å². The lowest BCUT2D eigenvalue weighted by Gasteiger charge is -1.89. The predicted molar refractivity (Wildman–Crippen MR) is 33.7 cm³/mol. The first-order valence-corrected chi connectivity index (χ1v) is 3.26. The molecular weight excluding hydrogens is 130 g/mol. The van der Waals surface area contributed by atoms with E-state index in [1.165, 1.54) is 12.8 Å². The van der Waals surface area contributed by atoms with Crippen LogP contribution in [0.1, 0.15) is 29.5 Å². The lowest BCUT2D eigenvalue weighted by atomic mass is 10.7. The molecule has 0 unspecified atom stereocenters. The number of aromatic nitrogens is 3. The van der Waals surface area contributed by atoms with Crippen LogP contribution in [-0.2, 0) is 0 Å². The molecule has 10 heavy (non-hydrogen) atoms. The first kappa shape index (κ1) is 5.58. The van der Waals surface area contributed by atoms with Crippen molar-refractivity contribution in [3.63, 3.8) is 0 Å². The van der Waals surface area contributed by atoms with Crippen LogP contribution >= 0.6 is 0 Å². The van der Waals surface area contributed by atoms with Gasteiger partial charge >= 0.3 is 0 Å². The fraction of sp³-hybridized carbons (Fsp3) is 0.500. The van der Waals surface area contributed by atoms with Crippen LogP contribution in [0.4, 0.5) is 0 Å². The zero-order valence-corrected chi connectivity index (χ0v) is 5.40. The topological polar surface area (TPSA) is 47.8 Å². The van der Waals surface area contributed by atoms with Crippen LogP contribution in [-0.4, -0.2) is 21.1 Å². The van der Waals surface area contributed by atoms with Gasteiger partial charge in [0.25, 0.3) is 0 Å². The van der Waals surface area contributed by atoms with E-state index in [2.05, 4.69) is 10.1 Å². The zero-order chi connectivity index (χ0) is 6.97. The second-order valence-electron chi connectivity index (χ2n) is 2.43. The van der Waals surface area contributed by atoms with E-state index >= 15 is 0 Å². The Morgan fingerprint density at radius 3 is 3.00 bits per heavy atom. The molecule has 0 bridgehead atoms. The summed E-state index contributed by atoms with van der Waals surface area (Å²) in [5.41, 5.74) is 0. The van der Waals surface area contributed by atoms with Gasteiger partial charge in [-0.3, -0.25) is 4.79 Å². The summed E-state index contributed by atoms with van der Waals surface area (Å²) in [5.74, 6) is 0.284. The molecule has 1 fully saturated rings. The van der Waals surface area contributed by atoms with Crippen LogP contribution in [0.3, 0.4) is 0 Å². The van der Waals surface area contributed by atoms with Crippen LogP contribution in [0.2, 0.25) is 0 Å². The number of nitrogens with zero attached hydrogens (tertiary/aromatic N) is 3. The Hall–Kier alpha value is -1.19. The van der Waals surface area contributed by atoms with Crippen molar-refractivity contribution in [1.29, 1.82) is 0 Å². The third kappa shape index (κ3) is 0.814. The maximum atomic E-state index is 10.1. The summed E-state index contributed by atoms with van der Waals surface area (Å²) in [6.45, 7) is 0. The van der Waals surface area contributed by atoms with Gasteiger partial charge in [0, 0.05) is 0 Å². The SMILES string of the molecule is O=Cc1ncn(C2CC2)n1. The smallest absolute Gasteiger partial charge is 0.213 e. The largest absolute Gasteiger partial charge is 0.294 e. The summed E-state index contributed by atoms with van der Waals surface area (Å²) in [5, 5.41) is 3.93. The highest BCUT2D eigenvalue weighted by Gasteiger charge is 2.24. The van der Waals surface area contributed by atoms with Gasteiger partial charge in [-0.05, 0) is 12.8 Å². The van der Waals surface area contributed by atoms with Crippen LogP contribution in [0.15, 0.2) is 6.33 Å². The third-order valence-electron chi connectivity index (χ3n) is 1.55. The van der Waals surface area contributed by atoms with Crippen LogP contribution < -0.4 is 0 Å². The average Bonchev–Trinajstić information content (AvgIpc) is 2.70. The molecule has 1 aliphatic rings. The molecule has 0 aromatic carbocycles. The van der Waals surface area contributed by atoms with Gasteiger partial charge in [0.05, 0.1) is 6.04 Å². The second kappa shape index (κ2) is 1.90. The Kier molecular flexibility index (Phi) is 1.06. The molecule has 0 aliphatic heterocycles. The Morgan fingerprint density at radius 1 is 1.70 bits per heavy atom. The van der Waals surface area contributed by atoms with Gasteiger partial charge in [-0.15, -0.1) is 5.10 Å². The summed E-state index contributed by atoms with van der Waals surface area (Å²) < 4.78 is 1.75. The first-order chi connectivity index (χ1) is 4.90. The minimum atomic E-state index is 0.284. The number of carbonyl (C=O) groups excluding carboxylic acids is 1. The van der Waals surface area contributed by atoms with Crippen molar-refractivity contribution in [2.24, 2.45) is 0 Å². The molecule has 1 saturated carbocycles. The molecule has 0 spiro atoms. The van der Waals surface area contributed by atoms with Crippen molar-refractivity contribution < 1.29 is 4.79 Å². The summed E-state index contributed by atoms with van der Waals surface area (Å²) in [6.07, 6.45) is 4.61. The van der Waals surface area contributed by atoms with Crippen molar-refractivity contribution in [2.75, 3.05) is 0 Å². The number of hydrogen-bond donors (Lipinski definition) is 0. The number of hydrogen-bond acceptors (Lipinski definition) is 3. The van der Waals surface area contributed by atoms with Gasteiger partial charge in [0.1, 0.15) is 6.33 Å². The van der Waals surface area contributed by atoms with Crippen LogP contribution in [0.5, 0.6) is 0 Å². The highest BCUT2D eigenvalue weighted by atomic mass is 16.1. The highest BCUT2D eigenvalue weighted by molar-refractivity contribution is 5.68. The van der Waals surface area contributed by atoms with E-state index in [4.69, 9.17) is 0 Å². The van der Waals surface area contributed by atoms with Crippen molar-refractivity contribution in [3.8, 4) is 0 Å². The fourth-order valence-electron chi connectivity index (χ4n) is 0.857. The molecule has 1 heterocycles. The molecule has 1 aliphatic carbocycles. The normalized spacial score (nSPS) is 17.2. The average molecular weight is 137 g/mol. The summed E-state index contributed by atoms with van der Waals surface area (Å²) >= 11 is 0. The standard InChI is InChI=1S/C6H7N3O/c10-3-6-7-4-9(8-6)5-1-2-5/h3-5H,1-2H2. The summed E-state index contributed by atoms with van der Waals surface area (Å²) in [4.78, 5) is 13.9. The van der Waals surface area contributed by atoms with Gasteiger partial charge in [0.2, 0.25) is 5.82 Å². The molecule has 0 saturated heterocycles. The molecule has 2 rings (SSSR count). The van der Waals surface area contributed by atoms with Crippen molar-refractivity contribution in [1.82, 2.24) is 14.8 Å². The second-order valence-corrected chi connectivity index (χ2v) is 2.43. The van der Waals surface area contributed by atoms with E-state index in [-0.39, 0.29) is 5.82 Å². The van der Waals surface area contributed by atoms with Gasteiger partial charge in [-0.2, -0.15) is 0 Å². The highest BCUT2D eigenvalue weighted by Crippen LogP contribution is 2.33. The monoisotopic (exact) mass is 137 g/mol. The van der Waals surface area contributed by atoms with E-state index < -0.39 is 0 Å². The Balaban J connectivity index is 2.26. The van der Waals surface area contributed by atoms with E-state index in [1.807, 2.05) is 0 Å². The molecule has 0 N–H and O–H groups in total. The van der Waals surface area contributed by atoms with Crippen molar-refractivity contribution in [2.45, 2.75) is 18.9 Å². The minimum absolute atomic E-state index is 0.284. The number of rotatable bonds is 2. The minimum Gasteiger partial charge on any atom is -0.294 e. The molecule has 52 valence electrons. The zero-order valence-electron chi connectivity index (χ0n) is 5.40.